The minimum Gasteiger partial charge on any atom is -0.465 e. The Balaban J connectivity index is 3.95. The first-order chi connectivity index (χ1) is 9.54. The van der Waals surface area contributed by atoms with Crippen LogP contribution in [0.25, 0.3) is 0 Å². The summed E-state index contributed by atoms with van der Waals surface area (Å²) in [5.41, 5.74) is 0. The third-order valence-electron chi connectivity index (χ3n) is 2.69. The Labute approximate surface area is 128 Å². The second-order valence-corrected chi connectivity index (χ2v) is 5.54. The summed E-state index contributed by atoms with van der Waals surface area (Å²) in [6, 6.07) is 0. The Kier molecular flexibility index (Phi) is 11.7. The zero-order valence-corrected chi connectivity index (χ0v) is 13.8. The summed E-state index contributed by atoms with van der Waals surface area (Å²) in [4.78, 5) is 21.6. The van der Waals surface area contributed by atoms with Crippen LogP contribution in [0.2, 0.25) is 0 Å². The average Bonchev–Trinajstić information content (AvgIpc) is 2.46. The monoisotopic (exact) mass is 354 g/mol. The van der Waals surface area contributed by atoms with Gasteiger partial charge in [0.2, 0.25) is 6.17 Å². The average molecular weight is 355 g/mol. The molecule has 0 saturated carbocycles. The van der Waals surface area contributed by atoms with Crippen molar-refractivity contribution in [2.75, 3.05) is 13.2 Å². The molecule has 0 aliphatic rings. The van der Waals surface area contributed by atoms with Crippen LogP contribution in [0.3, 0.4) is 0 Å². The van der Waals surface area contributed by atoms with E-state index in [1.807, 2.05) is 13.8 Å². The zero-order chi connectivity index (χ0) is 15.4. The molecular weight excluding hydrogens is 331 g/mol. The number of halogens is 2. The molecule has 0 unspecified atom stereocenters. The summed E-state index contributed by atoms with van der Waals surface area (Å²) in [6.07, 6.45) is 3.26. The number of unbranched alkanes of at least 4 members (excludes halogenated alkanes) is 4. The fraction of sp³-hybridized carbons (Fsp3) is 0.857. The van der Waals surface area contributed by atoms with Gasteiger partial charge in [-0.05, 0) is 12.8 Å². The normalized spacial score (nSPS) is 13.6. The van der Waals surface area contributed by atoms with E-state index in [1.54, 1.807) is 0 Å². The molecule has 4 nitrogen and oxygen atoms in total. The molecule has 0 N–H and O–H groups in total. The predicted octanol–water partition coefficient (Wildman–Crippen LogP) is 3.55. The van der Waals surface area contributed by atoms with Crippen LogP contribution >= 0.6 is 15.9 Å². The molecule has 0 aromatic rings. The van der Waals surface area contributed by atoms with Crippen molar-refractivity contribution in [3.05, 3.63) is 0 Å². The number of ether oxygens (including phenoxy) is 2. The number of carbonyl (C=O) groups excluding carboxylic acids is 2. The third kappa shape index (κ3) is 8.51. The number of hydrogen-bond acceptors (Lipinski definition) is 4. The first-order valence-electron chi connectivity index (χ1n) is 7.16. The van der Waals surface area contributed by atoms with Crippen molar-refractivity contribution in [3.8, 4) is 0 Å². The van der Waals surface area contributed by atoms with Crippen molar-refractivity contribution in [2.45, 2.75) is 63.4 Å². The minimum absolute atomic E-state index is 0.179. The maximum absolute atomic E-state index is 13.7. The van der Waals surface area contributed by atoms with Crippen LogP contribution in [0, 0.1) is 0 Å². The van der Waals surface area contributed by atoms with Gasteiger partial charge >= 0.3 is 11.9 Å². The third-order valence-corrected chi connectivity index (χ3v) is 3.53. The quantitative estimate of drug-likeness (QED) is 0.323. The lowest BCUT2D eigenvalue weighted by Gasteiger charge is -2.14. The van der Waals surface area contributed by atoms with Crippen molar-refractivity contribution < 1.29 is 23.5 Å². The van der Waals surface area contributed by atoms with Gasteiger partial charge in [0, 0.05) is 0 Å². The molecule has 0 spiro atoms. The topological polar surface area (TPSA) is 52.6 Å². The van der Waals surface area contributed by atoms with Crippen LogP contribution in [0.4, 0.5) is 4.39 Å². The Bertz CT molecular complexity index is 258. The largest absolute Gasteiger partial charge is 0.465 e. The van der Waals surface area contributed by atoms with Crippen molar-refractivity contribution in [1.82, 2.24) is 0 Å². The Morgan fingerprint density at radius 2 is 1.40 bits per heavy atom. The molecule has 0 aliphatic heterocycles. The second kappa shape index (κ2) is 12.1. The van der Waals surface area contributed by atoms with Gasteiger partial charge in [0.1, 0.15) is 0 Å². The summed E-state index contributed by atoms with van der Waals surface area (Å²) in [5.74, 6) is -1.78. The highest BCUT2D eigenvalue weighted by Crippen LogP contribution is 2.14. The Hall–Kier alpha value is -0.650. The summed E-state index contributed by atoms with van der Waals surface area (Å²) in [7, 11) is 0. The number of esters is 2. The molecule has 0 saturated heterocycles. The molecule has 0 radical (unpaired) electrons. The van der Waals surface area contributed by atoms with Gasteiger partial charge in [-0.25, -0.2) is 9.18 Å². The van der Waals surface area contributed by atoms with Gasteiger partial charge in [-0.1, -0.05) is 55.5 Å². The van der Waals surface area contributed by atoms with Crippen molar-refractivity contribution in [2.24, 2.45) is 0 Å². The fourth-order valence-corrected chi connectivity index (χ4v) is 1.80. The molecular formula is C14H24BrFO4. The Morgan fingerprint density at radius 1 is 0.950 bits per heavy atom. The molecule has 0 rings (SSSR count). The van der Waals surface area contributed by atoms with Crippen LogP contribution < -0.4 is 0 Å². The van der Waals surface area contributed by atoms with Gasteiger partial charge < -0.3 is 9.47 Å². The van der Waals surface area contributed by atoms with Gasteiger partial charge in [0.05, 0.1) is 13.2 Å². The minimum atomic E-state index is -2.03. The van der Waals surface area contributed by atoms with Crippen LogP contribution in [0.1, 0.15) is 52.4 Å². The van der Waals surface area contributed by atoms with Gasteiger partial charge in [-0.3, -0.25) is 4.79 Å². The van der Waals surface area contributed by atoms with Gasteiger partial charge in [0.15, 0.2) is 4.83 Å². The Morgan fingerprint density at radius 3 is 1.85 bits per heavy atom. The summed E-state index contributed by atoms with van der Waals surface area (Å²) >= 11 is 2.85. The van der Waals surface area contributed by atoms with Gasteiger partial charge in [0.25, 0.3) is 0 Å². The fourth-order valence-electron chi connectivity index (χ4n) is 1.45. The summed E-state index contributed by atoms with van der Waals surface area (Å²) < 4.78 is 23.4. The van der Waals surface area contributed by atoms with E-state index in [4.69, 9.17) is 9.47 Å². The van der Waals surface area contributed by atoms with Crippen LogP contribution in [-0.4, -0.2) is 36.2 Å². The molecule has 0 fully saturated rings. The molecule has 0 aromatic carbocycles. The van der Waals surface area contributed by atoms with E-state index in [1.165, 1.54) is 0 Å². The molecule has 0 aliphatic carbocycles. The maximum Gasteiger partial charge on any atom is 0.342 e. The second-order valence-electron chi connectivity index (χ2n) is 4.55. The van der Waals surface area contributed by atoms with Gasteiger partial charge in [-0.15, -0.1) is 0 Å². The first kappa shape index (κ1) is 19.4. The van der Waals surface area contributed by atoms with Gasteiger partial charge in [-0.2, -0.15) is 0 Å². The molecule has 0 heterocycles. The number of hydrogen-bond donors (Lipinski definition) is 0. The smallest absolute Gasteiger partial charge is 0.342 e. The first-order valence-corrected chi connectivity index (χ1v) is 8.07. The molecule has 20 heavy (non-hydrogen) atoms. The molecule has 0 aromatic heterocycles. The van der Waals surface area contributed by atoms with Crippen molar-refractivity contribution >= 4 is 27.9 Å². The van der Waals surface area contributed by atoms with Crippen LogP contribution in [-0.2, 0) is 19.1 Å². The highest BCUT2D eigenvalue weighted by Gasteiger charge is 2.34. The standard InChI is InChI=1S/C14H24BrFO4/c1-3-5-7-9-19-13(17)11(15)12(16)14(18)20-10-8-6-4-2/h11-12H,3-10H2,1-2H3/t11-,12+/m1/s1. The molecule has 0 amide bonds. The van der Waals surface area contributed by atoms with E-state index >= 15 is 0 Å². The van der Waals surface area contributed by atoms with E-state index in [9.17, 15) is 14.0 Å². The molecule has 118 valence electrons. The lowest BCUT2D eigenvalue weighted by Crippen LogP contribution is -2.35. The molecule has 6 heteroatoms. The highest BCUT2D eigenvalue weighted by atomic mass is 79.9. The van der Waals surface area contributed by atoms with Crippen LogP contribution in [0.5, 0.6) is 0 Å². The van der Waals surface area contributed by atoms with Crippen molar-refractivity contribution in [3.63, 3.8) is 0 Å². The summed E-state index contributed by atoms with van der Waals surface area (Å²) in [6.45, 7) is 4.47. The summed E-state index contributed by atoms with van der Waals surface area (Å²) in [5, 5.41) is 0. The van der Waals surface area contributed by atoms with E-state index in [0.717, 1.165) is 32.1 Å². The van der Waals surface area contributed by atoms with E-state index in [-0.39, 0.29) is 13.2 Å². The van der Waals surface area contributed by atoms with Crippen LogP contribution in [0.15, 0.2) is 0 Å². The van der Waals surface area contributed by atoms with E-state index in [2.05, 4.69) is 15.9 Å². The molecule has 0 bridgehead atoms. The SMILES string of the molecule is CCCCCOC(=O)[C@@H](F)[C@@H](Br)C(=O)OCCCCC. The lowest BCUT2D eigenvalue weighted by atomic mass is 10.2. The number of carbonyl (C=O) groups is 2. The van der Waals surface area contributed by atoms with Crippen molar-refractivity contribution in [1.29, 1.82) is 0 Å². The maximum atomic E-state index is 13.7. The number of alkyl halides is 2. The zero-order valence-electron chi connectivity index (χ0n) is 12.2. The van der Waals surface area contributed by atoms with E-state index < -0.39 is 22.9 Å². The van der Waals surface area contributed by atoms with E-state index in [0.29, 0.717) is 6.42 Å². The highest BCUT2D eigenvalue weighted by molar-refractivity contribution is 9.10. The lowest BCUT2D eigenvalue weighted by molar-refractivity contribution is -0.155. The number of rotatable bonds is 11. The predicted molar refractivity (Wildman–Crippen MR) is 78.6 cm³/mol. The molecule has 2 atom stereocenters.